The van der Waals surface area contributed by atoms with E-state index >= 15 is 0 Å². The molecule has 0 unspecified atom stereocenters. The highest BCUT2D eigenvalue weighted by Crippen LogP contribution is 2.36. The second-order valence-corrected chi connectivity index (χ2v) is 8.55. The summed E-state index contributed by atoms with van der Waals surface area (Å²) in [5.41, 5.74) is 6.14. The fourth-order valence-electron chi connectivity index (χ4n) is 4.26. The number of hydrogen-bond donors (Lipinski definition) is 1. The van der Waals surface area contributed by atoms with Crippen LogP contribution in [0.2, 0.25) is 5.15 Å². The third-order valence-corrected chi connectivity index (χ3v) is 6.27. The molecule has 0 saturated heterocycles. The van der Waals surface area contributed by atoms with Crippen molar-refractivity contribution < 1.29 is 9.59 Å². The molecule has 0 spiro atoms. The monoisotopic (exact) mass is 455 g/mol. The number of para-hydroxylation sites is 2. The molecule has 4 aromatic rings. The van der Waals surface area contributed by atoms with Crippen molar-refractivity contribution in [2.24, 2.45) is 0 Å². The maximum absolute atomic E-state index is 13.7. The zero-order valence-electron chi connectivity index (χ0n) is 18.3. The molecular formula is C27H22ClN3O2. The van der Waals surface area contributed by atoms with E-state index in [4.69, 9.17) is 11.6 Å². The number of fused-ring (bicyclic) bond motifs is 3. The van der Waals surface area contributed by atoms with Crippen LogP contribution < -0.4 is 10.2 Å². The number of carbonyl (C=O) groups excluding carboxylic acids is 2. The average molecular weight is 456 g/mol. The van der Waals surface area contributed by atoms with Crippen molar-refractivity contribution in [1.82, 2.24) is 4.57 Å². The zero-order chi connectivity index (χ0) is 23.1. The first-order valence-electron chi connectivity index (χ1n) is 10.7. The molecule has 33 heavy (non-hydrogen) atoms. The summed E-state index contributed by atoms with van der Waals surface area (Å²) in [7, 11) is 0. The molecule has 0 atom stereocenters. The smallest absolute Gasteiger partial charge is 0.258 e. The van der Waals surface area contributed by atoms with E-state index < -0.39 is 0 Å². The first kappa shape index (κ1) is 21.0. The summed E-state index contributed by atoms with van der Waals surface area (Å²) in [6.45, 7) is 4.21. The van der Waals surface area contributed by atoms with Crippen molar-refractivity contribution in [2.45, 2.75) is 20.4 Å². The van der Waals surface area contributed by atoms with Crippen LogP contribution in [-0.4, -0.2) is 16.4 Å². The van der Waals surface area contributed by atoms with Gasteiger partial charge in [-0.25, -0.2) is 0 Å². The molecule has 2 amide bonds. The van der Waals surface area contributed by atoms with Gasteiger partial charge in [-0.15, -0.1) is 0 Å². The highest BCUT2D eigenvalue weighted by Gasteiger charge is 2.29. The predicted octanol–water partition coefficient (Wildman–Crippen LogP) is 6.16. The minimum atomic E-state index is -0.181. The van der Waals surface area contributed by atoms with E-state index in [9.17, 15) is 9.59 Å². The van der Waals surface area contributed by atoms with Gasteiger partial charge in [-0.3, -0.25) is 9.59 Å². The van der Waals surface area contributed by atoms with Gasteiger partial charge in [-0.1, -0.05) is 41.9 Å². The number of benzene rings is 3. The van der Waals surface area contributed by atoms with Gasteiger partial charge in [0.15, 0.2) is 0 Å². The molecule has 0 radical (unpaired) electrons. The van der Waals surface area contributed by atoms with Crippen molar-refractivity contribution in [1.29, 1.82) is 0 Å². The van der Waals surface area contributed by atoms with Crippen molar-refractivity contribution in [3.05, 3.63) is 112 Å². The molecule has 1 aliphatic rings. The number of amides is 2. The number of aryl methyl sites for hydroxylation is 2. The highest BCUT2D eigenvalue weighted by atomic mass is 35.5. The molecule has 2 heterocycles. The molecule has 5 rings (SSSR count). The van der Waals surface area contributed by atoms with E-state index in [1.54, 1.807) is 17.0 Å². The van der Waals surface area contributed by atoms with E-state index in [1.807, 2.05) is 85.1 Å². The normalized spacial score (nSPS) is 12.2. The third kappa shape index (κ3) is 3.70. The topological polar surface area (TPSA) is 54.3 Å². The standard InChI is InChI=1S/C27H22ClN3O2/c1-17-15-22(29-26(32)19-8-4-3-5-9-19)18(2)14-21(17)27(33)30-16-20-12-13-25(28)31(20)24-11-7-6-10-23(24)30/h3-15H,16H2,1-2H3,(H,29,32). The van der Waals surface area contributed by atoms with Crippen LogP contribution in [0, 0.1) is 13.8 Å². The van der Waals surface area contributed by atoms with Gasteiger partial charge in [0.1, 0.15) is 5.15 Å². The van der Waals surface area contributed by atoms with Gasteiger partial charge in [0.2, 0.25) is 0 Å². The Kier molecular flexibility index (Phi) is 5.27. The number of nitrogens with zero attached hydrogens (tertiary/aromatic N) is 2. The Morgan fingerprint density at radius 1 is 0.848 bits per heavy atom. The highest BCUT2D eigenvalue weighted by molar-refractivity contribution is 6.30. The quantitative estimate of drug-likeness (QED) is 0.402. The number of anilines is 2. The zero-order valence-corrected chi connectivity index (χ0v) is 19.1. The predicted molar refractivity (Wildman–Crippen MR) is 132 cm³/mol. The molecule has 5 nitrogen and oxygen atoms in total. The van der Waals surface area contributed by atoms with Crippen LogP contribution in [0.15, 0.2) is 78.9 Å². The Hall–Kier alpha value is -3.83. The summed E-state index contributed by atoms with van der Waals surface area (Å²) < 4.78 is 1.97. The summed E-state index contributed by atoms with van der Waals surface area (Å²) >= 11 is 6.40. The lowest BCUT2D eigenvalue weighted by molar-refractivity contribution is 0.0982. The lowest BCUT2D eigenvalue weighted by atomic mass is 10.0. The van der Waals surface area contributed by atoms with Crippen LogP contribution in [-0.2, 0) is 6.54 Å². The number of rotatable bonds is 3. The van der Waals surface area contributed by atoms with Gasteiger partial charge in [-0.2, -0.15) is 0 Å². The summed E-state index contributed by atoms with van der Waals surface area (Å²) in [6.07, 6.45) is 0. The number of hydrogen-bond acceptors (Lipinski definition) is 2. The fraction of sp³-hybridized carbons (Fsp3) is 0.111. The van der Waals surface area contributed by atoms with Crippen molar-refractivity contribution in [3.8, 4) is 5.69 Å². The lowest BCUT2D eigenvalue weighted by Gasteiger charge is -2.32. The van der Waals surface area contributed by atoms with Crippen LogP contribution in [0.5, 0.6) is 0 Å². The molecule has 0 fully saturated rings. The summed E-state index contributed by atoms with van der Waals surface area (Å²) in [6, 6.07) is 24.3. The largest absolute Gasteiger partial charge is 0.322 e. The minimum absolute atomic E-state index is 0.0902. The Bertz CT molecular complexity index is 1390. The molecule has 6 heteroatoms. The van der Waals surface area contributed by atoms with Crippen LogP contribution in [0.3, 0.4) is 0 Å². The molecule has 0 bridgehead atoms. The second-order valence-electron chi connectivity index (χ2n) is 8.17. The Labute approximate surface area is 197 Å². The Balaban J connectivity index is 1.47. The van der Waals surface area contributed by atoms with E-state index in [0.717, 1.165) is 28.2 Å². The first-order valence-corrected chi connectivity index (χ1v) is 11.1. The van der Waals surface area contributed by atoms with E-state index in [-0.39, 0.29) is 11.8 Å². The SMILES string of the molecule is Cc1cc(C(=O)N2Cc3ccc(Cl)n3-c3ccccc32)c(C)cc1NC(=O)c1ccccc1. The summed E-state index contributed by atoms with van der Waals surface area (Å²) in [4.78, 5) is 28.1. The number of carbonyl (C=O) groups is 2. The first-order chi connectivity index (χ1) is 15.9. The number of aromatic nitrogens is 1. The molecule has 3 aromatic carbocycles. The summed E-state index contributed by atoms with van der Waals surface area (Å²) in [5.74, 6) is -0.271. The van der Waals surface area contributed by atoms with Crippen molar-refractivity contribution in [3.63, 3.8) is 0 Å². The summed E-state index contributed by atoms with van der Waals surface area (Å²) in [5, 5.41) is 3.58. The van der Waals surface area contributed by atoms with E-state index in [2.05, 4.69) is 5.32 Å². The van der Waals surface area contributed by atoms with E-state index in [0.29, 0.717) is 28.5 Å². The van der Waals surface area contributed by atoms with Crippen molar-refractivity contribution in [2.75, 3.05) is 10.2 Å². The second kappa shape index (κ2) is 8.26. The lowest BCUT2D eigenvalue weighted by Crippen LogP contribution is -2.35. The fourth-order valence-corrected chi connectivity index (χ4v) is 4.53. The molecule has 1 aromatic heterocycles. The Morgan fingerprint density at radius 2 is 1.55 bits per heavy atom. The molecular weight excluding hydrogens is 434 g/mol. The van der Waals surface area contributed by atoms with Gasteiger partial charge in [-0.05, 0) is 73.5 Å². The molecule has 1 aliphatic heterocycles. The third-order valence-electron chi connectivity index (χ3n) is 5.98. The number of nitrogens with one attached hydrogen (secondary N) is 1. The van der Waals surface area contributed by atoms with Crippen molar-refractivity contribution >= 4 is 34.8 Å². The van der Waals surface area contributed by atoms with Gasteiger partial charge in [0, 0.05) is 22.5 Å². The van der Waals surface area contributed by atoms with E-state index in [1.165, 1.54) is 0 Å². The van der Waals surface area contributed by atoms with Gasteiger partial charge < -0.3 is 14.8 Å². The average Bonchev–Trinajstić information content (AvgIpc) is 3.21. The maximum Gasteiger partial charge on any atom is 0.258 e. The molecule has 0 aliphatic carbocycles. The molecule has 0 saturated carbocycles. The number of halogens is 1. The molecule has 1 N–H and O–H groups in total. The van der Waals surface area contributed by atoms with Crippen LogP contribution >= 0.6 is 11.6 Å². The van der Waals surface area contributed by atoms with Crippen LogP contribution in [0.1, 0.15) is 37.5 Å². The maximum atomic E-state index is 13.7. The van der Waals surface area contributed by atoms with Gasteiger partial charge in [0.25, 0.3) is 11.8 Å². The Morgan fingerprint density at radius 3 is 2.30 bits per heavy atom. The molecule has 164 valence electrons. The van der Waals surface area contributed by atoms with Crippen LogP contribution in [0.25, 0.3) is 5.69 Å². The van der Waals surface area contributed by atoms with Crippen LogP contribution in [0.4, 0.5) is 11.4 Å². The minimum Gasteiger partial charge on any atom is -0.322 e. The van der Waals surface area contributed by atoms with Gasteiger partial charge >= 0.3 is 0 Å². The van der Waals surface area contributed by atoms with Gasteiger partial charge in [0.05, 0.1) is 17.9 Å².